The van der Waals surface area contributed by atoms with E-state index in [9.17, 15) is 0 Å². The molecule has 0 amide bonds. The lowest BCUT2D eigenvalue weighted by Gasteiger charge is -2.46. The Bertz CT molecular complexity index is 343. The summed E-state index contributed by atoms with van der Waals surface area (Å²) in [6.07, 6.45) is 14.8. The monoisotopic (exact) mass is 406 g/mol. The highest BCUT2D eigenvalue weighted by Crippen LogP contribution is 2.61. The Labute approximate surface area is 164 Å². The molecule has 0 nitrogen and oxygen atoms in total. The summed E-state index contributed by atoms with van der Waals surface area (Å²) in [5, 5.41) is 1.99. The van der Waals surface area contributed by atoms with Gasteiger partial charge in [0.2, 0.25) is 0 Å². The van der Waals surface area contributed by atoms with Gasteiger partial charge in [0.15, 0.2) is 0 Å². The Morgan fingerprint density at radius 2 is 1.04 bits per heavy atom. The summed E-state index contributed by atoms with van der Waals surface area (Å²) in [6.45, 7) is 0. The van der Waals surface area contributed by atoms with Crippen LogP contribution >= 0.6 is 58.8 Å². The summed E-state index contributed by atoms with van der Waals surface area (Å²) in [6, 6.07) is 0. The molecular formula is C18H30S5. The van der Waals surface area contributed by atoms with Crippen molar-refractivity contribution in [1.29, 1.82) is 0 Å². The lowest BCUT2D eigenvalue weighted by atomic mass is 9.99. The normalized spacial score (nSPS) is 35.0. The van der Waals surface area contributed by atoms with E-state index in [1.54, 1.807) is 0 Å². The third kappa shape index (κ3) is 5.37. The standard InChI is InChI=1S/C18H30S5/c1-3-7-17(8-4-1,21-13-15-11-19-15)23-18(9-5-2-6-10-18)22-14-16-12-20-16/h15-16H,1-14H2. The average molecular weight is 407 g/mol. The summed E-state index contributed by atoms with van der Waals surface area (Å²) in [5.74, 6) is 5.73. The quantitative estimate of drug-likeness (QED) is 0.322. The van der Waals surface area contributed by atoms with Gasteiger partial charge in [0.25, 0.3) is 0 Å². The van der Waals surface area contributed by atoms with Gasteiger partial charge in [-0.2, -0.15) is 23.5 Å². The second-order valence-electron chi connectivity index (χ2n) is 7.58. The summed E-state index contributed by atoms with van der Waals surface area (Å²) in [4.78, 5) is 0. The van der Waals surface area contributed by atoms with Crippen molar-refractivity contribution in [1.82, 2.24) is 0 Å². The van der Waals surface area contributed by atoms with Crippen LogP contribution in [0.5, 0.6) is 0 Å². The molecule has 23 heavy (non-hydrogen) atoms. The zero-order valence-corrected chi connectivity index (χ0v) is 18.2. The lowest BCUT2D eigenvalue weighted by molar-refractivity contribution is 0.466. The molecule has 0 aromatic heterocycles. The molecule has 5 heteroatoms. The van der Waals surface area contributed by atoms with E-state index in [-0.39, 0.29) is 0 Å². The largest absolute Gasteiger partial charge is 0.156 e. The summed E-state index contributed by atoms with van der Waals surface area (Å²) in [7, 11) is 0. The van der Waals surface area contributed by atoms with Crippen LogP contribution in [-0.4, -0.2) is 41.7 Å². The molecule has 2 heterocycles. The maximum atomic E-state index is 2.48. The Balaban J connectivity index is 1.43. The molecule has 2 unspecified atom stereocenters. The van der Waals surface area contributed by atoms with Gasteiger partial charge in [-0.05, 0) is 25.7 Å². The zero-order valence-electron chi connectivity index (χ0n) is 14.1. The molecule has 4 rings (SSSR count). The molecule has 4 fully saturated rings. The lowest BCUT2D eigenvalue weighted by Crippen LogP contribution is -2.35. The first-order chi connectivity index (χ1) is 11.3. The van der Waals surface area contributed by atoms with Gasteiger partial charge >= 0.3 is 0 Å². The van der Waals surface area contributed by atoms with Gasteiger partial charge in [0, 0.05) is 33.5 Å². The molecule has 0 radical (unpaired) electrons. The number of hydrogen-bond acceptors (Lipinski definition) is 5. The predicted molar refractivity (Wildman–Crippen MR) is 117 cm³/mol. The van der Waals surface area contributed by atoms with Crippen LogP contribution in [-0.2, 0) is 0 Å². The molecule has 132 valence electrons. The zero-order chi connectivity index (χ0) is 15.6. The fourth-order valence-corrected chi connectivity index (χ4v) is 11.9. The van der Waals surface area contributed by atoms with Crippen LogP contribution in [0.3, 0.4) is 0 Å². The van der Waals surface area contributed by atoms with E-state index in [0.29, 0.717) is 8.16 Å². The Morgan fingerprint density at radius 1 is 0.652 bits per heavy atom. The SMILES string of the molecule is C1CCC(SCC2CS2)(SC2(SCC3CS3)CCCCC2)CC1. The van der Waals surface area contributed by atoms with Crippen molar-refractivity contribution in [2.24, 2.45) is 0 Å². The molecule has 2 saturated carbocycles. The van der Waals surface area contributed by atoms with Crippen molar-refractivity contribution in [2.75, 3.05) is 23.0 Å². The number of thioether (sulfide) groups is 5. The molecule has 0 aromatic carbocycles. The van der Waals surface area contributed by atoms with E-state index >= 15 is 0 Å². The van der Waals surface area contributed by atoms with Crippen LogP contribution in [0.25, 0.3) is 0 Å². The molecule has 2 saturated heterocycles. The third-order valence-electron chi connectivity index (χ3n) is 5.47. The van der Waals surface area contributed by atoms with Gasteiger partial charge in [0.1, 0.15) is 0 Å². The van der Waals surface area contributed by atoms with Crippen LogP contribution in [0.1, 0.15) is 64.2 Å². The van der Waals surface area contributed by atoms with E-state index < -0.39 is 0 Å². The minimum absolute atomic E-state index is 0.572. The smallest absolute Gasteiger partial charge is 0.0625 e. The van der Waals surface area contributed by atoms with Crippen molar-refractivity contribution in [3.8, 4) is 0 Å². The highest BCUT2D eigenvalue weighted by Gasteiger charge is 2.45. The van der Waals surface area contributed by atoms with E-state index in [1.807, 2.05) is 0 Å². The van der Waals surface area contributed by atoms with Crippen molar-refractivity contribution < 1.29 is 0 Å². The molecule has 0 spiro atoms. The summed E-state index contributed by atoms with van der Waals surface area (Å²) < 4.78 is 1.14. The van der Waals surface area contributed by atoms with Gasteiger partial charge in [-0.1, -0.05) is 38.5 Å². The van der Waals surface area contributed by atoms with Gasteiger partial charge in [0.05, 0.1) is 8.16 Å². The van der Waals surface area contributed by atoms with Crippen LogP contribution in [0, 0.1) is 0 Å². The second-order valence-corrected chi connectivity index (χ2v) is 15.3. The molecule has 0 bridgehead atoms. The summed E-state index contributed by atoms with van der Waals surface area (Å²) in [5.41, 5.74) is 0. The first-order valence-corrected chi connectivity index (χ1v) is 14.4. The van der Waals surface area contributed by atoms with Gasteiger partial charge in [-0.3, -0.25) is 0 Å². The number of rotatable bonds is 8. The minimum atomic E-state index is 0.572. The molecular weight excluding hydrogens is 377 g/mol. The molecule has 2 atom stereocenters. The molecule has 4 aliphatic rings. The minimum Gasteiger partial charge on any atom is -0.156 e. The van der Waals surface area contributed by atoms with Gasteiger partial charge < -0.3 is 0 Å². The van der Waals surface area contributed by atoms with E-state index in [1.165, 1.54) is 87.2 Å². The average Bonchev–Trinajstić information content (AvgIpc) is 3.48. The molecule has 0 N–H and O–H groups in total. The maximum absolute atomic E-state index is 2.48. The Morgan fingerprint density at radius 3 is 1.39 bits per heavy atom. The maximum Gasteiger partial charge on any atom is 0.0625 e. The third-order valence-corrected chi connectivity index (χ3v) is 13.6. The van der Waals surface area contributed by atoms with E-state index in [2.05, 4.69) is 58.8 Å². The van der Waals surface area contributed by atoms with Crippen molar-refractivity contribution in [2.45, 2.75) is 82.9 Å². The molecule has 2 aliphatic heterocycles. The first-order valence-electron chi connectivity index (χ1n) is 9.49. The Kier molecular flexibility index (Phi) is 6.45. The second kappa shape index (κ2) is 8.19. The highest BCUT2D eigenvalue weighted by molar-refractivity contribution is 8.26. The van der Waals surface area contributed by atoms with Crippen LogP contribution in [0.2, 0.25) is 0 Å². The van der Waals surface area contributed by atoms with Crippen LogP contribution < -0.4 is 0 Å². The summed E-state index contributed by atoms with van der Waals surface area (Å²) >= 11 is 11.6. The van der Waals surface area contributed by atoms with Crippen molar-refractivity contribution in [3.63, 3.8) is 0 Å². The first kappa shape index (κ1) is 18.1. The van der Waals surface area contributed by atoms with Crippen LogP contribution in [0.4, 0.5) is 0 Å². The predicted octanol–water partition coefficient (Wildman–Crippen LogP) is 6.74. The molecule has 2 aliphatic carbocycles. The van der Waals surface area contributed by atoms with Gasteiger partial charge in [-0.15, -0.1) is 35.3 Å². The van der Waals surface area contributed by atoms with Crippen LogP contribution in [0.15, 0.2) is 0 Å². The fraction of sp³-hybridized carbons (Fsp3) is 1.00. The Hall–Kier alpha value is 1.75. The van der Waals surface area contributed by atoms with E-state index in [4.69, 9.17) is 0 Å². The van der Waals surface area contributed by atoms with Gasteiger partial charge in [-0.25, -0.2) is 0 Å². The molecule has 0 aromatic rings. The number of hydrogen-bond donors (Lipinski definition) is 0. The highest BCUT2D eigenvalue weighted by atomic mass is 32.2. The fourth-order valence-electron chi connectivity index (χ4n) is 3.89. The topological polar surface area (TPSA) is 0 Å². The van der Waals surface area contributed by atoms with Crippen molar-refractivity contribution in [3.05, 3.63) is 0 Å². The van der Waals surface area contributed by atoms with E-state index in [0.717, 1.165) is 10.5 Å². The van der Waals surface area contributed by atoms with Crippen molar-refractivity contribution >= 4 is 58.8 Å².